The van der Waals surface area contributed by atoms with Crippen LogP contribution in [-0.2, 0) is 0 Å². The van der Waals surface area contributed by atoms with E-state index in [0.29, 0.717) is 5.11 Å². The maximum absolute atomic E-state index is 5.95. The monoisotopic (exact) mass is 558 g/mol. The molecule has 1 N–H and O–H groups in total. The van der Waals surface area contributed by atoms with Crippen LogP contribution in [0.15, 0.2) is 65.3 Å². The fourth-order valence-electron chi connectivity index (χ4n) is 5.68. The van der Waals surface area contributed by atoms with Crippen molar-refractivity contribution in [3.05, 3.63) is 110 Å². The van der Waals surface area contributed by atoms with Crippen LogP contribution in [0.1, 0.15) is 57.0 Å². The number of benzene rings is 2. The number of aromatic nitrogens is 2. The van der Waals surface area contributed by atoms with Crippen molar-refractivity contribution in [1.82, 2.24) is 14.9 Å². The Balaban J connectivity index is 1.72. The first-order chi connectivity index (χ1) is 17.2. The fraction of sp³-hybridized carbons (Fsp3) is 0.267. The Hall–Kier alpha value is -2.96. The van der Waals surface area contributed by atoms with Crippen LogP contribution in [0.2, 0.25) is 0 Å². The quantitative estimate of drug-likeness (QED) is 0.260. The molecular formula is C30H31BrN4S. The lowest BCUT2D eigenvalue weighted by molar-refractivity contribution is 0.565. The van der Waals surface area contributed by atoms with Gasteiger partial charge in [0.2, 0.25) is 0 Å². The second-order valence-electron chi connectivity index (χ2n) is 9.84. The van der Waals surface area contributed by atoms with Gasteiger partial charge in [0.15, 0.2) is 5.11 Å². The zero-order valence-corrected chi connectivity index (χ0v) is 24.0. The van der Waals surface area contributed by atoms with Crippen LogP contribution in [0.3, 0.4) is 0 Å². The molecule has 4 nitrogen and oxygen atoms in total. The molecule has 0 bridgehead atoms. The molecule has 2 atom stereocenters. The summed E-state index contributed by atoms with van der Waals surface area (Å²) in [6.45, 7) is 13.1. The molecule has 0 amide bonds. The lowest BCUT2D eigenvalue weighted by Gasteiger charge is -2.29. The van der Waals surface area contributed by atoms with Crippen molar-refractivity contribution < 1.29 is 0 Å². The van der Waals surface area contributed by atoms with Crippen molar-refractivity contribution in [3.63, 3.8) is 0 Å². The number of rotatable bonds is 4. The molecule has 1 saturated heterocycles. The molecule has 0 saturated carbocycles. The zero-order chi connectivity index (χ0) is 25.7. The first-order valence-corrected chi connectivity index (χ1v) is 13.4. The van der Waals surface area contributed by atoms with E-state index in [1.165, 1.54) is 44.9 Å². The van der Waals surface area contributed by atoms with Crippen LogP contribution in [0.4, 0.5) is 5.69 Å². The second kappa shape index (κ2) is 9.49. The molecule has 0 aliphatic carbocycles. The first-order valence-electron chi connectivity index (χ1n) is 12.2. The van der Waals surface area contributed by atoms with Crippen molar-refractivity contribution in [1.29, 1.82) is 0 Å². The Bertz CT molecular complexity index is 1450. The molecule has 3 heterocycles. The summed E-state index contributed by atoms with van der Waals surface area (Å²) in [5, 5.41) is 4.31. The third kappa shape index (κ3) is 4.16. The Morgan fingerprint density at radius 1 is 0.889 bits per heavy atom. The van der Waals surface area contributed by atoms with E-state index in [2.05, 4.69) is 115 Å². The molecule has 0 spiro atoms. The van der Waals surface area contributed by atoms with Gasteiger partial charge < -0.3 is 14.8 Å². The van der Waals surface area contributed by atoms with E-state index in [1.54, 1.807) is 0 Å². The number of nitrogens with zero attached hydrogens (tertiary/aromatic N) is 3. The Morgan fingerprint density at radius 3 is 2.25 bits per heavy atom. The number of pyridine rings is 1. The molecule has 0 radical (unpaired) electrons. The van der Waals surface area contributed by atoms with E-state index in [0.717, 1.165) is 15.9 Å². The summed E-state index contributed by atoms with van der Waals surface area (Å²) in [4.78, 5) is 6.98. The summed E-state index contributed by atoms with van der Waals surface area (Å²) in [6.07, 6.45) is 1.85. The Morgan fingerprint density at radius 2 is 1.61 bits per heavy atom. The van der Waals surface area contributed by atoms with Crippen molar-refractivity contribution >= 4 is 38.9 Å². The van der Waals surface area contributed by atoms with Crippen LogP contribution in [0.25, 0.3) is 5.69 Å². The van der Waals surface area contributed by atoms with E-state index < -0.39 is 0 Å². The topological polar surface area (TPSA) is 33.1 Å². The number of thiocarbonyl (C=S) groups is 1. The summed E-state index contributed by atoms with van der Waals surface area (Å²) in [5.74, 6) is 0. The predicted octanol–water partition coefficient (Wildman–Crippen LogP) is 7.66. The molecular weight excluding hydrogens is 528 g/mol. The minimum Gasteiger partial charge on any atom is -0.351 e. The van der Waals surface area contributed by atoms with Gasteiger partial charge in [-0.25, -0.2) is 0 Å². The van der Waals surface area contributed by atoms with Gasteiger partial charge in [0.05, 0.1) is 23.5 Å². The SMILES string of the molecule is Cc1cc(C)c(-n2c(C)cc([C@@H]3[C@@H](c4ccccn4)NC(=S)N3c3ccc(Br)c(C)c3)c2C)c(C)c1. The van der Waals surface area contributed by atoms with E-state index >= 15 is 0 Å². The maximum Gasteiger partial charge on any atom is 0.174 e. The standard InChI is InChI=1S/C30H31BrN4S/c1-17-13-19(3)28(20(4)14-17)34-21(5)16-24(22(34)6)29-27(26-9-7-8-12-32-26)33-30(36)35(29)23-10-11-25(31)18(2)15-23/h7-16,27,29H,1-6H3,(H,33,36)/t27-,29-/m1/s1. The van der Waals surface area contributed by atoms with Gasteiger partial charge in [-0.05, 0) is 112 Å². The summed E-state index contributed by atoms with van der Waals surface area (Å²) in [7, 11) is 0. The highest BCUT2D eigenvalue weighted by molar-refractivity contribution is 9.10. The van der Waals surface area contributed by atoms with Gasteiger partial charge in [-0.15, -0.1) is 0 Å². The van der Waals surface area contributed by atoms with Gasteiger partial charge in [0, 0.05) is 27.7 Å². The summed E-state index contributed by atoms with van der Waals surface area (Å²) in [5.41, 5.74) is 12.0. The number of hydrogen-bond acceptors (Lipinski definition) is 2. The zero-order valence-electron chi connectivity index (χ0n) is 21.6. The predicted molar refractivity (Wildman–Crippen MR) is 156 cm³/mol. The third-order valence-electron chi connectivity index (χ3n) is 7.17. The first kappa shape index (κ1) is 24.7. The van der Waals surface area contributed by atoms with Crippen molar-refractivity contribution in [3.8, 4) is 5.69 Å². The largest absolute Gasteiger partial charge is 0.351 e. The summed E-state index contributed by atoms with van der Waals surface area (Å²) < 4.78 is 3.49. The van der Waals surface area contributed by atoms with Crippen LogP contribution < -0.4 is 10.2 Å². The minimum atomic E-state index is -0.0724. The van der Waals surface area contributed by atoms with E-state index in [9.17, 15) is 0 Å². The molecule has 5 rings (SSSR count). The molecule has 2 aromatic carbocycles. The number of halogens is 1. The average Bonchev–Trinajstić information content (AvgIpc) is 3.32. The van der Waals surface area contributed by atoms with Crippen LogP contribution in [0, 0.1) is 41.5 Å². The molecule has 2 aromatic heterocycles. The smallest absolute Gasteiger partial charge is 0.174 e. The highest BCUT2D eigenvalue weighted by Gasteiger charge is 2.42. The number of aryl methyl sites for hydroxylation is 5. The van der Waals surface area contributed by atoms with Crippen molar-refractivity contribution in [2.24, 2.45) is 0 Å². The van der Waals surface area contributed by atoms with Gasteiger partial charge in [0.1, 0.15) is 0 Å². The van der Waals surface area contributed by atoms with Gasteiger partial charge in [-0.1, -0.05) is 39.7 Å². The Labute approximate surface area is 227 Å². The van der Waals surface area contributed by atoms with Gasteiger partial charge in [-0.2, -0.15) is 0 Å². The van der Waals surface area contributed by atoms with E-state index in [-0.39, 0.29) is 12.1 Å². The molecule has 6 heteroatoms. The van der Waals surface area contributed by atoms with Crippen LogP contribution in [-0.4, -0.2) is 14.7 Å². The van der Waals surface area contributed by atoms with Crippen molar-refractivity contribution in [2.45, 2.75) is 53.6 Å². The molecule has 36 heavy (non-hydrogen) atoms. The highest BCUT2D eigenvalue weighted by Crippen LogP contribution is 2.44. The van der Waals surface area contributed by atoms with Gasteiger partial charge in [-0.3, -0.25) is 4.98 Å². The van der Waals surface area contributed by atoms with Gasteiger partial charge in [0.25, 0.3) is 0 Å². The summed E-state index contributed by atoms with van der Waals surface area (Å²) in [6, 6.07) is 19.2. The second-order valence-corrected chi connectivity index (χ2v) is 11.1. The third-order valence-corrected chi connectivity index (χ3v) is 8.37. The fourth-order valence-corrected chi connectivity index (χ4v) is 6.28. The van der Waals surface area contributed by atoms with Crippen LogP contribution >= 0.6 is 28.1 Å². The Kier molecular flexibility index (Phi) is 6.52. The number of anilines is 1. The van der Waals surface area contributed by atoms with Crippen molar-refractivity contribution in [2.75, 3.05) is 4.90 Å². The minimum absolute atomic E-state index is 0.0426. The maximum atomic E-state index is 5.95. The molecule has 1 aliphatic heterocycles. The summed E-state index contributed by atoms with van der Waals surface area (Å²) >= 11 is 9.60. The lowest BCUT2D eigenvalue weighted by Crippen LogP contribution is -2.29. The molecule has 1 fully saturated rings. The van der Waals surface area contributed by atoms with Crippen LogP contribution in [0.5, 0.6) is 0 Å². The van der Waals surface area contributed by atoms with Gasteiger partial charge >= 0.3 is 0 Å². The molecule has 184 valence electrons. The number of hydrogen-bond donors (Lipinski definition) is 1. The number of nitrogens with one attached hydrogen (secondary N) is 1. The van der Waals surface area contributed by atoms with E-state index in [4.69, 9.17) is 17.2 Å². The van der Waals surface area contributed by atoms with E-state index in [1.807, 2.05) is 18.3 Å². The lowest BCUT2D eigenvalue weighted by atomic mass is 9.96. The molecule has 4 aromatic rings. The molecule has 1 aliphatic rings. The average molecular weight is 560 g/mol. The normalized spacial score (nSPS) is 17.5. The highest BCUT2D eigenvalue weighted by atomic mass is 79.9. The molecule has 0 unspecified atom stereocenters.